The Morgan fingerprint density at radius 3 is 2.64 bits per heavy atom. The van der Waals surface area contributed by atoms with Crippen molar-refractivity contribution < 1.29 is 9.50 Å². The maximum absolute atomic E-state index is 13.2. The second-order valence-electron chi connectivity index (χ2n) is 7.41. The van der Waals surface area contributed by atoms with E-state index in [1.807, 2.05) is 0 Å². The van der Waals surface area contributed by atoms with Gasteiger partial charge in [-0.2, -0.15) is 0 Å². The zero-order chi connectivity index (χ0) is 17.8. The molecule has 2 aliphatic rings. The Bertz CT molecular complexity index is 566. The molecule has 0 aromatic heterocycles. The van der Waals surface area contributed by atoms with Crippen LogP contribution in [0.2, 0.25) is 5.02 Å². The van der Waals surface area contributed by atoms with E-state index in [-0.39, 0.29) is 12.4 Å². The van der Waals surface area contributed by atoms with Gasteiger partial charge in [-0.1, -0.05) is 17.7 Å². The molecule has 1 atom stereocenters. The molecule has 0 radical (unpaired) electrons. The molecule has 0 amide bonds. The van der Waals surface area contributed by atoms with Crippen LogP contribution in [-0.4, -0.2) is 78.3 Å². The predicted molar refractivity (Wildman–Crippen MR) is 99.4 cm³/mol. The van der Waals surface area contributed by atoms with Gasteiger partial charge in [0.2, 0.25) is 0 Å². The van der Waals surface area contributed by atoms with Gasteiger partial charge in [-0.05, 0) is 57.1 Å². The van der Waals surface area contributed by atoms with Gasteiger partial charge < -0.3 is 10.0 Å². The minimum atomic E-state index is -0.293. The molecular weight excluding hydrogens is 341 g/mol. The van der Waals surface area contributed by atoms with E-state index in [9.17, 15) is 9.50 Å². The molecule has 6 heteroatoms. The van der Waals surface area contributed by atoms with Gasteiger partial charge in [0, 0.05) is 49.9 Å². The molecule has 0 spiro atoms. The minimum absolute atomic E-state index is 0.221. The summed E-state index contributed by atoms with van der Waals surface area (Å²) in [7, 11) is 2.19. The van der Waals surface area contributed by atoms with E-state index >= 15 is 0 Å². The van der Waals surface area contributed by atoms with Gasteiger partial charge in [0.25, 0.3) is 0 Å². The van der Waals surface area contributed by atoms with Crippen LogP contribution in [0.15, 0.2) is 18.2 Å². The highest BCUT2D eigenvalue weighted by Crippen LogP contribution is 2.25. The molecule has 0 aliphatic carbocycles. The average molecular weight is 370 g/mol. The first-order chi connectivity index (χ1) is 12.1. The lowest BCUT2D eigenvalue weighted by Crippen LogP contribution is -2.58. The Morgan fingerprint density at radius 1 is 1.20 bits per heavy atom. The third kappa shape index (κ3) is 4.92. The molecule has 3 rings (SSSR count). The Hall–Kier alpha value is -0.720. The van der Waals surface area contributed by atoms with Gasteiger partial charge in [-0.15, -0.1) is 0 Å². The van der Waals surface area contributed by atoms with Crippen LogP contribution >= 0.6 is 11.6 Å². The van der Waals surface area contributed by atoms with Gasteiger partial charge in [-0.25, -0.2) is 4.39 Å². The van der Waals surface area contributed by atoms with Crippen molar-refractivity contribution >= 4 is 11.6 Å². The third-order valence-corrected chi connectivity index (χ3v) is 5.99. The molecule has 2 saturated heterocycles. The van der Waals surface area contributed by atoms with Crippen molar-refractivity contribution in [2.75, 3.05) is 46.4 Å². The van der Waals surface area contributed by atoms with Gasteiger partial charge in [-0.3, -0.25) is 9.80 Å². The van der Waals surface area contributed by atoms with E-state index in [1.165, 1.54) is 25.0 Å². The van der Waals surface area contributed by atoms with Crippen LogP contribution < -0.4 is 0 Å². The largest absolute Gasteiger partial charge is 0.396 e. The molecule has 1 aromatic carbocycles. The summed E-state index contributed by atoms with van der Waals surface area (Å²) < 4.78 is 13.2. The van der Waals surface area contributed by atoms with Crippen LogP contribution in [-0.2, 0) is 6.54 Å². The van der Waals surface area contributed by atoms with E-state index < -0.39 is 0 Å². The molecule has 0 bridgehead atoms. The average Bonchev–Trinajstić information content (AvgIpc) is 2.59. The van der Waals surface area contributed by atoms with Crippen LogP contribution in [0.5, 0.6) is 0 Å². The molecule has 0 unspecified atom stereocenters. The Morgan fingerprint density at radius 2 is 1.96 bits per heavy atom. The van der Waals surface area contributed by atoms with Gasteiger partial charge >= 0.3 is 0 Å². The third-order valence-electron chi connectivity index (χ3n) is 5.64. The smallest absolute Gasteiger partial charge is 0.124 e. The van der Waals surface area contributed by atoms with Crippen molar-refractivity contribution in [3.8, 4) is 0 Å². The second kappa shape index (κ2) is 8.78. The summed E-state index contributed by atoms with van der Waals surface area (Å²) in [5, 5.41) is 10.0. The van der Waals surface area contributed by atoms with Crippen molar-refractivity contribution in [2.24, 2.45) is 0 Å². The lowest BCUT2D eigenvalue weighted by Gasteiger charge is -2.47. The highest BCUT2D eigenvalue weighted by Gasteiger charge is 2.33. The Labute approximate surface area is 155 Å². The first-order valence-corrected chi connectivity index (χ1v) is 9.66. The zero-order valence-corrected chi connectivity index (χ0v) is 15.8. The van der Waals surface area contributed by atoms with Crippen molar-refractivity contribution in [2.45, 2.75) is 37.9 Å². The first-order valence-electron chi connectivity index (χ1n) is 9.28. The summed E-state index contributed by atoms with van der Waals surface area (Å²) in [5.74, 6) is -0.293. The Balaban J connectivity index is 1.62. The highest BCUT2D eigenvalue weighted by atomic mass is 35.5. The maximum Gasteiger partial charge on any atom is 0.124 e. The summed E-state index contributed by atoms with van der Waals surface area (Å²) in [6, 6.07) is 5.65. The fourth-order valence-electron chi connectivity index (χ4n) is 4.18. The predicted octanol–water partition coefficient (Wildman–Crippen LogP) is 2.44. The minimum Gasteiger partial charge on any atom is -0.396 e. The van der Waals surface area contributed by atoms with Gasteiger partial charge in [0.15, 0.2) is 0 Å². The fourth-order valence-corrected chi connectivity index (χ4v) is 4.41. The summed E-state index contributed by atoms with van der Waals surface area (Å²) >= 11 is 6.19. The first kappa shape index (κ1) is 19.1. The monoisotopic (exact) mass is 369 g/mol. The normalized spacial score (nSPS) is 24.7. The topological polar surface area (TPSA) is 30.0 Å². The van der Waals surface area contributed by atoms with Crippen molar-refractivity contribution in [1.29, 1.82) is 0 Å². The van der Waals surface area contributed by atoms with Crippen molar-refractivity contribution in [3.05, 3.63) is 34.6 Å². The number of piperazine rings is 1. The van der Waals surface area contributed by atoms with E-state index in [2.05, 4.69) is 21.7 Å². The molecule has 2 aliphatic heterocycles. The lowest BCUT2D eigenvalue weighted by atomic mass is 9.98. The number of nitrogens with zero attached hydrogens (tertiary/aromatic N) is 3. The number of hydrogen-bond acceptors (Lipinski definition) is 4. The Kier molecular flexibility index (Phi) is 6.69. The molecule has 25 heavy (non-hydrogen) atoms. The number of piperidine rings is 1. The number of benzene rings is 1. The standard InChI is InChI=1S/C19H29ClFN3O/c1-22-7-4-17(5-8-22)24-10-9-23(14-18(24)6-11-25)13-15-2-3-16(21)12-19(15)20/h2-3,12,17-18,25H,4-11,13-14H2,1H3/t18-/m1/s1. The van der Waals surface area contributed by atoms with Crippen LogP contribution in [0.1, 0.15) is 24.8 Å². The highest BCUT2D eigenvalue weighted by molar-refractivity contribution is 6.31. The van der Waals surface area contributed by atoms with Gasteiger partial charge in [0.05, 0.1) is 0 Å². The summed E-state index contributed by atoms with van der Waals surface area (Å²) in [6.07, 6.45) is 3.23. The SMILES string of the molecule is CN1CCC(N2CCN(Cc3ccc(F)cc3Cl)C[C@H]2CCO)CC1. The molecule has 2 heterocycles. The van der Waals surface area contributed by atoms with E-state index in [0.29, 0.717) is 17.1 Å². The van der Waals surface area contributed by atoms with E-state index in [1.54, 1.807) is 6.07 Å². The van der Waals surface area contributed by atoms with Crippen molar-refractivity contribution in [1.82, 2.24) is 14.7 Å². The lowest BCUT2D eigenvalue weighted by molar-refractivity contribution is 0.00600. The molecule has 2 fully saturated rings. The summed E-state index contributed by atoms with van der Waals surface area (Å²) in [5.41, 5.74) is 0.971. The maximum atomic E-state index is 13.2. The van der Waals surface area contributed by atoms with E-state index in [4.69, 9.17) is 11.6 Å². The molecule has 4 nitrogen and oxygen atoms in total. The summed E-state index contributed by atoms with van der Waals surface area (Å²) in [6.45, 7) is 6.21. The second-order valence-corrected chi connectivity index (χ2v) is 7.82. The van der Waals surface area contributed by atoms with Gasteiger partial charge in [0.1, 0.15) is 5.82 Å². The van der Waals surface area contributed by atoms with Crippen LogP contribution in [0.25, 0.3) is 0 Å². The van der Waals surface area contributed by atoms with Crippen LogP contribution in [0.4, 0.5) is 4.39 Å². The number of aliphatic hydroxyl groups excluding tert-OH is 1. The number of rotatable bonds is 5. The summed E-state index contributed by atoms with van der Waals surface area (Å²) in [4.78, 5) is 7.39. The fraction of sp³-hybridized carbons (Fsp3) is 0.684. The zero-order valence-electron chi connectivity index (χ0n) is 15.0. The molecule has 1 aromatic rings. The van der Waals surface area contributed by atoms with Crippen LogP contribution in [0, 0.1) is 5.82 Å². The molecular formula is C19H29ClFN3O. The quantitative estimate of drug-likeness (QED) is 0.863. The molecule has 1 N–H and O–H groups in total. The molecule has 140 valence electrons. The van der Waals surface area contributed by atoms with Crippen molar-refractivity contribution in [3.63, 3.8) is 0 Å². The number of likely N-dealkylation sites (tertiary alicyclic amines) is 1. The molecule has 0 saturated carbocycles. The number of halogens is 2. The van der Waals surface area contributed by atoms with Crippen LogP contribution in [0.3, 0.4) is 0 Å². The number of hydrogen-bond donors (Lipinski definition) is 1. The van der Waals surface area contributed by atoms with E-state index in [0.717, 1.165) is 51.3 Å². The number of aliphatic hydroxyl groups is 1.